The average molecular weight is 365 g/mol. The highest BCUT2D eigenvalue weighted by atomic mass is 16.2. The molecule has 2 aliphatic heterocycles. The van der Waals surface area contributed by atoms with Gasteiger partial charge in [-0.15, -0.1) is 0 Å². The van der Waals surface area contributed by atoms with Crippen molar-refractivity contribution in [3.8, 4) is 6.07 Å². The number of fused-ring (bicyclic) bond motifs is 1. The molecule has 2 heterocycles. The summed E-state index contributed by atoms with van der Waals surface area (Å²) in [6.07, 6.45) is 6.73. The lowest BCUT2D eigenvalue weighted by molar-refractivity contribution is -0.135. The topological polar surface area (TPSA) is 64.4 Å². The van der Waals surface area contributed by atoms with E-state index >= 15 is 0 Å². The second-order valence-corrected chi connectivity index (χ2v) is 8.26. The Morgan fingerprint density at radius 1 is 1.07 bits per heavy atom. The SMILES string of the molecule is Cc1ccc(C(=O)N2C3CCCCC3C[C@@H]2C(=O)N2CCC[C@H]2C#N)cc1. The maximum atomic E-state index is 13.4. The third kappa shape index (κ3) is 3.22. The van der Waals surface area contributed by atoms with Gasteiger partial charge >= 0.3 is 0 Å². The zero-order valence-electron chi connectivity index (χ0n) is 15.9. The van der Waals surface area contributed by atoms with E-state index in [0.717, 1.165) is 44.1 Å². The predicted octanol–water partition coefficient (Wildman–Crippen LogP) is 3.28. The van der Waals surface area contributed by atoms with Crippen LogP contribution in [0.2, 0.25) is 0 Å². The summed E-state index contributed by atoms with van der Waals surface area (Å²) in [5, 5.41) is 9.39. The molecule has 2 unspecified atom stereocenters. The van der Waals surface area contributed by atoms with Gasteiger partial charge in [-0.3, -0.25) is 9.59 Å². The van der Waals surface area contributed by atoms with Gasteiger partial charge in [0.05, 0.1) is 6.07 Å². The number of likely N-dealkylation sites (tertiary alicyclic amines) is 2. The lowest BCUT2D eigenvalue weighted by Crippen LogP contribution is -2.51. The van der Waals surface area contributed by atoms with Crippen molar-refractivity contribution in [1.82, 2.24) is 9.80 Å². The van der Waals surface area contributed by atoms with Crippen LogP contribution in [0, 0.1) is 24.2 Å². The smallest absolute Gasteiger partial charge is 0.254 e. The zero-order valence-corrected chi connectivity index (χ0v) is 15.9. The maximum absolute atomic E-state index is 13.4. The van der Waals surface area contributed by atoms with Crippen molar-refractivity contribution in [2.45, 2.75) is 70.0 Å². The molecule has 4 atom stereocenters. The number of carbonyl (C=O) groups excluding carboxylic acids is 2. The minimum Gasteiger partial charge on any atom is -0.325 e. The van der Waals surface area contributed by atoms with E-state index < -0.39 is 6.04 Å². The normalized spacial score (nSPS) is 30.1. The molecule has 142 valence electrons. The monoisotopic (exact) mass is 365 g/mol. The van der Waals surface area contributed by atoms with Gasteiger partial charge in [0, 0.05) is 18.2 Å². The van der Waals surface area contributed by atoms with Gasteiger partial charge < -0.3 is 9.80 Å². The van der Waals surface area contributed by atoms with Gasteiger partial charge in [0.25, 0.3) is 5.91 Å². The molecule has 5 heteroatoms. The standard InChI is InChI=1S/C22H27N3O2/c1-15-8-10-16(11-9-15)21(26)25-19-7-3-2-5-17(19)13-20(25)22(27)24-12-4-6-18(24)14-23/h8-11,17-20H,2-7,12-13H2,1H3/t17?,18-,19?,20+/m0/s1. The first-order chi connectivity index (χ1) is 13.1. The van der Waals surface area contributed by atoms with Crippen LogP contribution in [0.15, 0.2) is 24.3 Å². The molecule has 0 bridgehead atoms. The summed E-state index contributed by atoms with van der Waals surface area (Å²) in [7, 11) is 0. The number of nitrogens with zero attached hydrogens (tertiary/aromatic N) is 3. The van der Waals surface area contributed by atoms with Gasteiger partial charge in [0.2, 0.25) is 5.91 Å². The van der Waals surface area contributed by atoms with Crippen LogP contribution in [0.3, 0.4) is 0 Å². The molecule has 1 aromatic carbocycles. The Labute approximate surface area is 160 Å². The van der Waals surface area contributed by atoms with Crippen molar-refractivity contribution < 1.29 is 9.59 Å². The molecule has 3 fully saturated rings. The van der Waals surface area contributed by atoms with E-state index in [1.54, 1.807) is 4.90 Å². The molecule has 1 aliphatic carbocycles. The average Bonchev–Trinajstić information content (AvgIpc) is 3.32. The van der Waals surface area contributed by atoms with Crippen LogP contribution in [0.1, 0.15) is 60.9 Å². The van der Waals surface area contributed by atoms with E-state index in [1.807, 2.05) is 36.1 Å². The number of amides is 2. The molecule has 4 rings (SSSR count). The van der Waals surface area contributed by atoms with E-state index in [1.165, 1.54) is 6.42 Å². The van der Waals surface area contributed by atoms with Crippen molar-refractivity contribution in [2.75, 3.05) is 6.54 Å². The number of hydrogen-bond acceptors (Lipinski definition) is 3. The summed E-state index contributed by atoms with van der Waals surface area (Å²) in [5.74, 6) is 0.356. The number of hydrogen-bond donors (Lipinski definition) is 0. The van der Waals surface area contributed by atoms with Crippen LogP contribution in [0.4, 0.5) is 0 Å². The molecule has 5 nitrogen and oxygen atoms in total. The fourth-order valence-electron chi connectivity index (χ4n) is 5.17. The van der Waals surface area contributed by atoms with Crippen molar-refractivity contribution in [2.24, 2.45) is 5.92 Å². The van der Waals surface area contributed by atoms with Gasteiger partial charge in [-0.2, -0.15) is 5.26 Å². The molecule has 1 saturated carbocycles. The fourth-order valence-corrected chi connectivity index (χ4v) is 5.17. The first kappa shape index (κ1) is 18.0. The molecule has 0 radical (unpaired) electrons. The molecule has 0 aromatic heterocycles. The molecule has 2 amide bonds. The quantitative estimate of drug-likeness (QED) is 0.808. The largest absolute Gasteiger partial charge is 0.325 e. The van der Waals surface area contributed by atoms with Gasteiger partial charge in [-0.25, -0.2) is 0 Å². The summed E-state index contributed by atoms with van der Waals surface area (Å²) in [6.45, 7) is 2.64. The molecule has 27 heavy (non-hydrogen) atoms. The first-order valence-corrected chi connectivity index (χ1v) is 10.2. The highest BCUT2D eigenvalue weighted by Gasteiger charge is 2.49. The number of benzene rings is 1. The molecule has 1 aromatic rings. The Kier molecular flexibility index (Phi) is 4.90. The molecular weight excluding hydrogens is 338 g/mol. The van der Waals surface area contributed by atoms with Crippen LogP contribution < -0.4 is 0 Å². The van der Waals surface area contributed by atoms with Gasteiger partial charge in [0.1, 0.15) is 12.1 Å². The van der Waals surface area contributed by atoms with E-state index in [4.69, 9.17) is 0 Å². The second kappa shape index (κ2) is 7.34. The number of nitriles is 1. The van der Waals surface area contributed by atoms with Crippen LogP contribution in [-0.2, 0) is 4.79 Å². The van der Waals surface area contributed by atoms with Crippen molar-refractivity contribution in [1.29, 1.82) is 5.26 Å². The summed E-state index contributed by atoms with van der Waals surface area (Å²) < 4.78 is 0. The molecular formula is C22H27N3O2. The number of carbonyl (C=O) groups is 2. The van der Waals surface area contributed by atoms with Gasteiger partial charge in [-0.05, 0) is 57.1 Å². The van der Waals surface area contributed by atoms with Crippen molar-refractivity contribution in [3.63, 3.8) is 0 Å². The third-order valence-corrected chi connectivity index (χ3v) is 6.59. The van der Waals surface area contributed by atoms with Gasteiger partial charge in [-0.1, -0.05) is 30.5 Å². The van der Waals surface area contributed by atoms with Crippen LogP contribution in [0.25, 0.3) is 0 Å². The Balaban J connectivity index is 1.64. The number of aryl methyl sites for hydroxylation is 1. The van der Waals surface area contributed by atoms with Crippen LogP contribution in [0.5, 0.6) is 0 Å². The summed E-state index contributed by atoms with van der Waals surface area (Å²) >= 11 is 0. The lowest BCUT2D eigenvalue weighted by Gasteiger charge is -2.35. The third-order valence-electron chi connectivity index (χ3n) is 6.59. The lowest BCUT2D eigenvalue weighted by atomic mass is 9.84. The summed E-state index contributed by atoms with van der Waals surface area (Å²) in [4.78, 5) is 30.3. The Morgan fingerprint density at radius 2 is 1.81 bits per heavy atom. The summed E-state index contributed by atoms with van der Waals surface area (Å²) in [6, 6.07) is 9.30. The first-order valence-electron chi connectivity index (χ1n) is 10.2. The van der Waals surface area contributed by atoms with Crippen LogP contribution in [-0.4, -0.2) is 46.3 Å². The molecule has 0 spiro atoms. The molecule has 3 aliphatic rings. The summed E-state index contributed by atoms with van der Waals surface area (Å²) in [5.41, 5.74) is 1.77. The minimum absolute atomic E-state index is 0.0195. The van der Waals surface area contributed by atoms with E-state index in [-0.39, 0.29) is 23.9 Å². The zero-order chi connectivity index (χ0) is 19.0. The predicted molar refractivity (Wildman–Crippen MR) is 102 cm³/mol. The Morgan fingerprint density at radius 3 is 2.56 bits per heavy atom. The highest BCUT2D eigenvalue weighted by Crippen LogP contribution is 2.41. The maximum Gasteiger partial charge on any atom is 0.254 e. The van der Waals surface area contributed by atoms with E-state index in [9.17, 15) is 14.9 Å². The number of rotatable bonds is 2. The van der Waals surface area contributed by atoms with E-state index in [2.05, 4.69) is 6.07 Å². The molecule has 2 saturated heterocycles. The van der Waals surface area contributed by atoms with Crippen molar-refractivity contribution >= 4 is 11.8 Å². The Bertz CT molecular complexity index is 767. The highest BCUT2D eigenvalue weighted by molar-refractivity contribution is 5.98. The van der Waals surface area contributed by atoms with Gasteiger partial charge in [0.15, 0.2) is 0 Å². The van der Waals surface area contributed by atoms with Crippen molar-refractivity contribution in [3.05, 3.63) is 35.4 Å². The molecule has 0 N–H and O–H groups in total. The van der Waals surface area contributed by atoms with E-state index in [0.29, 0.717) is 18.0 Å². The minimum atomic E-state index is -0.416. The van der Waals surface area contributed by atoms with Crippen LogP contribution >= 0.6 is 0 Å². The Hall–Kier alpha value is -2.35. The second-order valence-electron chi connectivity index (χ2n) is 8.26. The fraction of sp³-hybridized carbons (Fsp3) is 0.591.